The number of carbonyl (C=O) groups is 1. The number of morpholine rings is 1. The summed E-state index contributed by atoms with van der Waals surface area (Å²) >= 11 is 0. The van der Waals surface area contributed by atoms with Crippen LogP contribution in [0, 0.1) is 0 Å². The van der Waals surface area contributed by atoms with Crippen LogP contribution in [-0.4, -0.2) is 45.0 Å². The second-order valence-electron chi connectivity index (χ2n) is 11.1. The van der Waals surface area contributed by atoms with Crippen LogP contribution in [0.15, 0.2) is 47.6 Å². The van der Waals surface area contributed by atoms with Gasteiger partial charge < -0.3 is 14.4 Å². The number of nitrogens with zero attached hydrogens (tertiary/aromatic N) is 2. The lowest BCUT2D eigenvalue weighted by Gasteiger charge is -2.30. The smallest absolute Gasteiger partial charge is 0.240 e. The highest BCUT2D eigenvalue weighted by Gasteiger charge is 2.26. The number of hydrogen-bond acceptors (Lipinski definition) is 5. The van der Waals surface area contributed by atoms with Gasteiger partial charge in [-0.25, -0.2) is 5.43 Å². The van der Waals surface area contributed by atoms with Gasteiger partial charge in [-0.05, 0) is 59.4 Å². The number of amides is 1. The Morgan fingerprint density at radius 1 is 1.03 bits per heavy atom. The van der Waals surface area contributed by atoms with E-state index in [9.17, 15) is 4.79 Å². The first kappa shape index (κ1) is 28.7. The van der Waals surface area contributed by atoms with Gasteiger partial charge in [0.25, 0.3) is 0 Å². The van der Waals surface area contributed by atoms with Gasteiger partial charge in [0.1, 0.15) is 5.75 Å². The molecule has 1 aliphatic heterocycles. The Kier molecular flexibility index (Phi) is 10.2. The number of ether oxygens (including phenoxy) is 2. The maximum absolute atomic E-state index is 12.3. The molecule has 0 radical (unpaired) electrons. The van der Waals surface area contributed by atoms with E-state index in [0.29, 0.717) is 19.4 Å². The molecular formula is C31H45N3O3. The van der Waals surface area contributed by atoms with Crippen LogP contribution in [-0.2, 0) is 20.4 Å². The van der Waals surface area contributed by atoms with Crippen LogP contribution >= 0.6 is 0 Å². The highest BCUT2D eigenvalue weighted by atomic mass is 16.5. The summed E-state index contributed by atoms with van der Waals surface area (Å²) in [5.74, 6) is 0.806. The molecule has 1 heterocycles. The molecule has 37 heavy (non-hydrogen) atoms. The third kappa shape index (κ3) is 8.06. The van der Waals surface area contributed by atoms with Gasteiger partial charge in [0, 0.05) is 30.8 Å². The molecule has 1 saturated heterocycles. The zero-order chi connectivity index (χ0) is 26.9. The number of nitrogens with one attached hydrogen (secondary N) is 1. The minimum atomic E-state index is -0.112. The average molecular weight is 508 g/mol. The molecule has 6 nitrogen and oxygen atoms in total. The van der Waals surface area contributed by atoms with Crippen molar-refractivity contribution >= 4 is 17.8 Å². The minimum Gasteiger partial charge on any atom is -0.493 e. The lowest BCUT2D eigenvalue weighted by Crippen LogP contribution is -2.36. The van der Waals surface area contributed by atoms with E-state index >= 15 is 0 Å². The number of benzene rings is 2. The summed E-state index contributed by atoms with van der Waals surface area (Å²) in [6.45, 7) is 17.4. The molecule has 1 aliphatic rings. The first-order valence-corrected chi connectivity index (χ1v) is 13.7. The van der Waals surface area contributed by atoms with Crippen LogP contribution in [0.25, 0.3) is 0 Å². The Morgan fingerprint density at radius 3 is 2.35 bits per heavy atom. The lowest BCUT2D eigenvalue weighted by molar-refractivity contribution is -0.121. The Morgan fingerprint density at radius 2 is 1.70 bits per heavy atom. The molecule has 0 saturated carbocycles. The second kappa shape index (κ2) is 13.1. The summed E-state index contributed by atoms with van der Waals surface area (Å²) in [5, 5.41) is 4.12. The van der Waals surface area contributed by atoms with Crippen LogP contribution in [0.4, 0.5) is 5.69 Å². The Hall–Kier alpha value is -2.86. The predicted octanol–water partition coefficient (Wildman–Crippen LogP) is 6.21. The van der Waals surface area contributed by atoms with E-state index in [4.69, 9.17) is 9.47 Å². The molecule has 2 aromatic rings. The van der Waals surface area contributed by atoms with E-state index in [1.54, 1.807) is 6.21 Å². The molecule has 3 rings (SSSR count). The summed E-state index contributed by atoms with van der Waals surface area (Å²) in [5.41, 5.74) is 7.48. The summed E-state index contributed by atoms with van der Waals surface area (Å²) in [6, 6.07) is 14.8. The van der Waals surface area contributed by atoms with E-state index in [1.807, 2.05) is 12.1 Å². The van der Waals surface area contributed by atoms with E-state index in [2.05, 4.69) is 87.3 Å². The number of hydrogen-bond donors (Lipinski definition) is 1. The molecule has 0 unspecified atom stereocenters. The van der Waals surface area contributed by atoms with Gasteiger partial charge >= 0.3 is 0 Å². The zero-order valence-electron chi connectivity index (χ0n) is 23.6. The van der Waals surface area contributed by atoms with E-state index in [1.165, 1.54) is 16.8 Å². The largest absolute Gasteiger partial charge is 0.493 e. The van der Waals surface area contributed by atoms with Crippen molar-refractivity contribution in [2.24, 2.45) is 5.10 Å². The van der Waals surface area contributed by atoms with Gasteiger partial charge in [-0.1, -0.05) is 65.8 Å². The van der Waals surface area contributed by atoms with Gasteiger partial charge in [0.05, 0.1) is 26.0 Å². The summed E-state index contributed by atoms with van der Waals surface area (Å²) < 4.78 is 11.6. The van der Waals surface area contributed by atoms with Crippen molar-refractivity contribution in [2.75, 3.05) is 37.8 Å². The zero-order valence-corrected chi connectivity index (χ0v) is 23.6. The normalized spacial score (nSPS) is 14.7. The molecule has 2 aromatic carbocycles. The fourth-order valence-corrected chi connectivity index (χ4v) is 4.24. The van der Waals surface area contributed by atoms with Crippen molar-refractivity contribution in [3.8, 4) is 5.75 Å². The predicted molar refractivity (Wildman–Crippen MR) is 153 cm³/mol. The fourth-order valence-electron chi connectivity index (χ4n) is 4.24. The highest BCUT2D eigenvalue weighted by Crippen LogP contribution is 2.38. The van der Waals surface area contributed by atoms with Gasteiger partial charge in [-0.2, -0.15) is 5.10 Å². The number of rotatable bonds is 12. The van der Waals surface area contributed by atoms with Crippen molar-refractivity contribution < 1.29 is 14.3 Å². The number of anilines is 1. The molecule has 6 heteroatoms. The van der Waals surface area contributed by atoms with Crippen molar-refractivity contribution in [2.45, 2.75) is 78.1 Å². The Labute approximate surface area is 223 Å². The van der Waals surface area contributed by atoms with Crippen molar-refractivity contribution in [3.63, 3.8) is 0 Å². The third-order valence-corrected chi connectivity index (χ3v) is 7.74. The molecule has 1 N–H and O–H groups in total. The van der Waals surface area contributed by atoms with Crippen LogP contribution < -0.4 is 15.1 Å². The standard InChI is InChI=1S/C31H45N3O3/c1-7-30(3,4)25-13-16-28(27(22-25)31(5,6)8-2)37-19-9-10-29(35)33-32-23-24-11-14-26(15-12-24)34-17-20-36-21-18-34/h11-16,22-23H,7-10,17-21H2,1-6H3,(H,33,35)/b32-23-. The molecule has 1 fully saturated rings. The van der Waals surface area contributed by atoms with Gasteiger partial charge in [0.15, 0.2) is 0 Å². The van der Waals surface area contributed by atoms with Crippen molar-refractivity contribution in [3.05, 3.63) is 59.2 Å². The molecule has 0 bridgehead atoms. The molecule has 0 aliphatic carbocycles. The molecule has 0 spiro atoms. The monoisotopic (exact) mass is 507 g/mol. The number of carbonyl (C=O) groups excluding carboxylic acids is 1. The van der Waals surface area contributed by atoms with Crippen LogP contribution in [0.3, 0.4) is 0 Å². The molecule has 1 amide bonds. The SMILES string of the molecule is CCC(C)(C)c1ccc(OCCCC(=O)N/N=C\c2ccc(N3CCOCC3)cc2)c(C(C)(C)CC)c1. The summed E-state index contributed by atoms with van der Waals surface area (Å²) in [4.78, 5) is 14.6. The Balaban J connectivity index is 1.47. The van der Waals surface area contributed by atoms with Crippen molar-refractivity contribution in [1.29, 1.82) is 0 Å². The quantitative estimate of drug-likeness (QED) is 0.211. The average Bonchev–Trinajstić information content (AvgIpc) is 2.92. The van der Waals surface area contributed by atoms with Crippen LogP contribution in [0.5, 0.6) is 5.75 Å². The van der Waals surface area contributed by atoms with Gasteiger partial charge in [-0.15, -0.1) is 0 Å². The molecule has 0 aromatic heterocycles. The summed E-state index contributed by atoms with van der Waals surface area (Å²) in [7, 11) is 0. The van der Waals surface area contributed by atoms with E-state index < -0.39 is 0 Å². The number of hydrazone groups is 1. The Bertz CT molecular complexity index is 1040. The fraction of sp³-hybridized carbons (Fsp3) is 0.548. The maximum atomic E-state index is 12.3. The van der Waals surface area contributed by atoms with Gasteiger partial charge in [0.2, 0.25) is 5.91 Å². The minimum absolute atomic E-state index is 0.0155. The molecule has 0 atom stereocenters. The first-order valence-electron chi connectivity index (χ1n) is 13.7. The maximum Gasteiger partial charge on any atom is 0.240 e. The van der Waals surface area contributed by atoms with E-state index in [-0.39, 0.29) is 16.7 Å². The lowest BCUT2D eigenvalue weighted by atomic mass is 9.76. The van der Waals surface area contributed by atoms with Gasteiger partial charge in [-0.3, -0.25) is 4.79 Å². The van der Waals surface area contributed by atoms with Crippen LogP contribution in [0.2, 0.25) is 0 Å². The van der Waals surface area contributed by atoms with Crippen LogP contribution in [0.1, 0.15) is 83.9 Å². The topological polar surface area (TPSA) is 63.2 Å². The third-order valence-electron chi connectivity index (χ3n) is 7.74. The van der Waals surface area contributed by atoms with E-state index in [0.717, 1.165) is 50.5 Å². The molecular weight excluding hydrogens is 462 g/mol. The second-order valence-corrected chi connectivity index (χ2v) is 11.1. The first-order chi connectivity index (χ1) is 17.7. The molecule has 202 valence electrons. The van der Waals surface area contributed by atoms with Crippen molar-refractivity contribution in [1.82, 2.24) is 5.43 Å². The highest BCUT2D eigenvalue weighted by molar-refractivity contribution is 5.82. The summed E-state index contributed by atoms with van der Waals surface area (Å²) in [6.07, 6.45) is 4.77.